The van der Waals surface area contributed by atoms with E-state index in [0.717, 1.165) is 16.7 Å². The monoisotopic (exact) mass is 570 g/mol. The Hall–Kier alpha value is -3.96. The Bertz CT molecular complexity index is 1640. The molecule has 0 unspecified atom stereocenters. The number of anilines is 2. The molecule has 10 nitrogen and oxygen atoms in total. The molecule has 0 saturated heterocycles. The van der Waals surface area contributed by atoms with Crippen LogP contribution in [0, 0.1) is 6.92 Å². The Morgan fingerprint density at radius 2 is 1.77 bits per heavy atom. The summed E-state index contributed by atoms with van der Waals surface area (Å²) >= 11 is 0. The van der Waals surface area contributed by atoms with Gasteiger partial charge in [0, 0.05) is 48.4 Å². The smallest absolute Gasteiger partial charge is 0.270 e. The summed E-state index contributed by atoms with van der Waals surface area (Å²) in [6.07, 6.45) is 1.49. The number of hydrogen-bond acceptors (Lipinski definition) is 7. The van der Waals surface area contributed by atoms with Gasteiger partial charge in [-0.1, -0.05) is 19.9 Å². The van der Waals surface area contributed by atoms with Gasteiger partial charge in [0.05, 0.1) is 16.3 Å². The fraction of sp³-hybridized carbons (Fsp3) is 0.345. The van der Waals surface area contributed by atoms with Crippen molar-refractivity contribution in [1.82, 2.24) is 24.6 Å². The third kappa shape index (κ3) is 6.78. The molecule has 4 aromatic rings. The van der Waals surface area contributed by atoms with Crippen LogP contribution in [-0.4, -0.2) is 47.2 Å². The van der Waals surface area contributed by atoms with E-state index in [4.69, 9.17) is 9.72 Å². The molecule has 0 aliphatic rings. The lowest BCUT2D eigenvalue weighted by molar-refractivity contribution is 0.0949. The summed E-state index contributed by atoms with van der Waals surface area (Å²) in [4.78, 5) is 21.4. The summed E-state index contributed by atoms with van der Waals surface area (Å²) < 4.78 is 34.1. The molecule has 0 spiro atoms. The third-order valence-electron chi connectivity index (χ3n) is 6.54. The Morgan fingerprint density at radius 3 is 2.50 bits per heavy atom. The molecule has 40 heavy (non-hydrogen) atoms. The normalized spacial score (nSPS) is 11.8. The minimum Gasteiger partial charge on any atom is -0.457 e. The van der Waals surface area contributed by atoms with Gasteiger partial charge < -0.3 is 19.9 Å². The average molecular weight is 571 g/mol. The van der Waals surface area contributed by atoms with Crippen molar-refractivity contribution in [3.8, 4) is 11.5 Å². The van der Waals surface area contributed by atoms with Gasteiger partial charge >= 0.3 is 0 Å². The Morgan fingerprint density at radius 1 is 1.02 bits per heavy atom. The standard InChI is InChI=1S/C29H36N6O4S.3H2/c1-18(2)24-15-21(8-7-20(24)5)33-29-34-25-16-22(9-10-27(25)35(29)6)39-23-11-12-30-26(17-23)28(36)31-13-14-32-40(37,38)19(3)4;;;/h7-12,15-19,32H,13-14H2,1-6H3,(H,31,36)(H,33,34);3*1H. The minimum absolute atomic E-state index is 0. The highest BCUT2D eigenvalue weighted by molar-refractivity contribution is 7.90. The van der Waals surface area contributed by atoms with E-state index in [-0.39, 0.29) is 23.1 Å². The molecule has 2 heterocycles. The van der Waals surface area contributed by atoms with Crippen molar-refractivity contribution in [2.45, 2.75) is 45.8 Å². The first-order valence-electron chi connectivity index (χ1n) is 13.2. The molecule has 218 valence electrons. The molecule has 11 heteroatoms. The first kappa shape index (κ1) is 29.0. The molecule has 0 aliphatic heterocycles. The molecule has 4 rings (SSSR count). The van der Waals surface area contributed by atoms with Crippen molar-refractivity contribution in [1.29, 1.82) is 0 Å². The van der Waals surface area contributed by atoms with E-state index in [0.29, 0.717) is 23.4 Å². The van der Waals surface area contributed by atoms with Crippen molar-refractivity contribution >= 4 is 38.6 Å². The Kier molecular flexibility index (Phi) is 8.75. The van der Waals surface area contributed by atoms with E-state index < -0.39 is 21.2 Å². The number of amides is 1. The second-order valence-electron chi connectivity index (χ2n) is 10.2. The molecule has 1 amide bonds. The fourth-order valence-electron chi connectivity index (χ4n) is 4.19. The molecule has 0 saturated carbocycles. The molecule has 2 aromatic carbocycles. The van der Waals surface area contributed by atoms with Crippen LogP contribution < -0.4 is 20.1 Å². The van der Waals surface area contributed by atoms with Gasteiger partial charge in [-0.25, -0.2) is 18.1 Å². The van der Waals surface area contributed by atoms with Gasteiger partial charge in [0.2, 0.25) is 16.0 Å². The summed E-state index contributed by atoms with van der Waals surface area (Å²) in [7, 11) is -1.43. The van der Waals surface area contributed by atoms with Crippen molar-refractivity contribution in [2.75, 3.05) is 18.4 Å². The van der Waals surface area contributed by atoms with Crippen LogP contribution in [0.25, 0.3) is 11.0 Å². The first-order chi connectivity index (χ1) is 18.9. The van der Waals surface area contributed by atoms with E-state index >= 15 is 0 Å². The molecular weight excluding hydrogens is 528 g/mol. The molecule has 0 atom stereocenters. The first-order valence-corrected chi connectivity index (χ1v) is 14.7. The maximum atomic E-state index is 12.5. The van der Waals surface area contributed by atoms with E-state index in [1.165, 1.54) is 23.4 Å². The number of nitrogens with one attached hydrogen (secondary N) is 3. The van der Waals surface area contributed by atoms with E-state index in [9.17, 15) is 13.2 Å². The number of imidazole rings is 1. The number of pyridine rings is 1. The highest BCUT2D eigenvalue weighted by atomic mass is 32.2. The molecule has 3 N–H and O–H groups in total. The second-order valence-corrected chi connectivity index (χ2v) is 12.5. The quantitative estimate of drug-likeness (QED) is 0.197. The van der Waals surface area contributed by atoms with Gasteiger partial charge in [0.25, 0.3) is 5.91 Å². The largest absolute Gasteiger partial charge is 0.457 e. The summed E-state index contributed by atoms with van der Waals surface area (Å²) in [6, 6.07) is 15.1. The lowest BCUT2D eigenvalue weighted by atomic mass is 9.97. The van der Waals surface area contributed by atoms with Gasteiger partial charge in [-0.2, -0.15) is 0 Å². The number of aromatic nitrogens is 3. The van der Waals surface area contributed by atoms with Crippen LogP contribution in [0.4, 0.5) is 11.6 Å². The highest BCUT2D eigenvalue weighted by Gasteiger charge is 2.16. The van der Waals surface area contributed by atoms with Crippen LogP contribution in [0.2, 0.25) is 0 Å². The Balaban J connectivity index is 0.00000308. The van der Waals surface area contributed by atoms with Crippen LogP contribution in [0.5, 0.6) is 11.5 Å². The summed E-state index contributed by atoms with van der Waals surface area (Å²) in [5.41, 5.74) is 5.39. The zero-order chi connectivity index (χ0) is 29.0. The van der Waals surface area contributed by atoms with Crippen LogP contribution in [0.3, 0.4) is 0 Å². The predicted octanol–water partition coefficient (Wildman–Crippen LogP) is 5.73. The molecule has 0 aliphatic carbocycles. The topological polar surface area (TPSA) is 127 Å². The minimum atomic E-state index is -3.39. The molecule has 0 radical (unpaired) electrons. The van der Waals surface area contributed by atoms with E-state index in [1.807, 2.05) is 29.8 Å². The molecule has 2 aromatic heterocycles. The second kappa shape index (κ2) is 12.1. The maximum absolute atomic E-state index is 12.5. The SMILES string of the molecule is Cc1ccc(Nc2nc3cc(Oc4ccnc(C(=O)NCCNS(=O)(=O)C(C)C)c4)ccc3n2C)cc1C(C)C.[HH].[HH].[HH]. The number of carbonyl (C=O) groups is 1. The van der Waals surface area contributed by atoms with Crippen LogP contribution in [-0.2, 0) is 17.1 Å². The van der Waals surface area contributed by atoms with Gasteiger partial charge in [0.1, 0.15) is 17.2 Å². The van der Waals surface area contributed by atoms with Gasteiger partial charge in [-0.3, -0.25) is 9.78 Å². The summed E-state index contributed by atoms with van der Waals surface area (Å²) in [6.45, 7) is 9.88. The van der Waals surface area contributed by atoms with Crippen molar-refractivity contribution in [3.63, 3.8) is 0 Å². The maximum Gasteiger partial charge on any atom is 0.270 e. The zero-order valence-corrected chi connectivity index (χ0v) is 24.5. The average Bonchev–Trinajstić information content (AvgIpc) is 3.21. The van der Waals surface area contributed by atoms with Crippen LogP contribution in [0.1, 0.15) is 59.5 Å². The van der Waals surface area contributed by atoms with Gasteiger partial charge in [-0.05, 0) is 68.1 Å². The van der Waals surface area contributed by atoms with Gasteiger partial charge in [0.15, 0.2) is 0 Å². The lowest BCUT2D eigenvalue weighted by Gasteiger charge is -2.13. The van der Waals surface area contributed by atoms with Crippen LogP contribution in [0.15, 0.2) is 54.7 Å². The number of aryl methyl sites for hydroxylation is 2. The van der Waals surface area contributed by atoms with Crippen molar-refractivity contribution in [3.05, 3.63) is 71.5 Å². The number of carbonyl (C=O) groups excluding carboxylic acids is 1. The number of sulfonamides is 1. The van der Waals surface area contributed by atoms with Crippen molar-refractivity contribution < 1.29 is 22.2 Å². The third-order valence-corrected chi connectivity index (χ3v) is 8.39. The number of benzene rings is 2. The predicted molar refractivity (Wildman–Crippen MR) is 164 cm³/mol. The molecular formula is C29H42N6O4S. The number of hydrogen-bond donors (Lipinski definition) is 3. The molecule has 0 fully saturated rings. The number of nitrogens with zero attached hydrogens (tertiary/aromatic N) is 3. The van der Waals surface area contributed by atoms with Gasteiger partial charge in [-0.15, -0.1) is 0 Å². The van der Waals surface area contributed by atoms with Crippen molar-refractivity contribution in [2.24, 2.45) is 7.05 Å². The van der Waals surface area contributed by atoms with E-state index in [2.05, 4.69) is 59.3 Å². The lowest BCUT2D eigenvalue weighted by Crippen LogP contribution is -2.37. The summed E-state index contributed by atoms with van der Waals surface area (Å²) in [5.74, 6) is 1.71. The molecule has 0 bridgehead atoms. The highest BCUT2D eigenvalue weighted by Crippen LogP contribution is 2.29. The number of rotatable bonds is 11. The zero-order valence-electron chi connectivity index (χ0n) is 23.6. The van der Waals surface area contributed by atoms with Crippen LogP contribution >= 0.6 is 0 Å². The Labute approximate surface area is 239 Å². The summed E-state index contributed by atoms with van der Waals surface area (Å²) in [5, 5.41) is 5.55. The number of fused-ring (bicyclic) bond motifs is 1. The van der Waals surface area contributed by atoms with E-state index in [1.54, 1.807) is 19.9 Å². The fourth-order valence-corrected chi connectivity index (χ4v) is 4.91. The number of ether oxygens (including phenoxy) is 1.